The predicted octanol–water partition coefficient (Wildman–Crippen LogP) is 23.6. The summed E-state index contributed by atoms with van der Waals surface area (Å²) in [5.41, 5.74) is 14.3. The van der Waals surface area contributed by atoms with E-state index in [1.807, 2.05) is 91.0 Å². The molecule has 11 heteroatoms. The lowest BCUT2D eigenvalue weighted by molar-refractivity contribution is 0.651. The molecular formula is C84H47ClN6O4. The lowest BCUT2D eigenvalue weighted by atomic mass is 10.0. The Morgan fingerprint density at radius 2 is 0.747 bits per heavy atom. The predicted molar refractivity (Wildman–Crippen MR) is 389 cm³/mol. The number of hydrogen-bond acceptors (Lipinski definition) is 8. The second kappa shape index (κ2) is 20.7. The molecule has 444 valence electrons. The Hall–Kier alpha value is -12.6. The Kier molecular flexibility index (Phi) is 11.6. The summed E-state index contributed by atoms with van der Waals surface area (Å²) < 4.78 is 27.2. The summed E-state index contributed by atoms with van der Waals surface area (Å²) in [6, 6.07) is 96.4. The number of aromatic nitrogens is 6. The Bertz CT molecular complexity index is 6930. The van der Waals surface area contributed by atoms with Crippen molar-refractivity contribution in [2.45, 2.75) is 0 Å². The third-order valence-electron chi connectivity index (χ3n) is 18.8. The van der Waals surface area contributed by atoms with Gasteiger partial charge in [-0.1, -0.05) is 218 Å². The SMILES string of the molecule is Clc1nc(-c2ccccc2)c2c(n1)oc1ccccc12.c1ccc(-c2nc(-n3c4cc5c(cc4c4ccc6ccccc6c43)oc3cc4ccccc4cc35)nc3oc4ccccc4c23)cc1.c1ccc2cc3c(cc2c1)oc1cc2c(cc13)[nH]c1c3ccccc3ccc21. The zero-order chi connectivity index (χ0) is 62.4. The van der Waals surface area contributed by atoms with Gasteiger partial charge in [0.15, 0.2) is 0 Å². The van der Waals surface area contributed by atoms with Crippen molar-refractivity contribution in [2.75, 3.05) is 0 Å². The van der Waals surface area contributed by atoms with Crippen LogP contribution in [0.4, 0.5) is 0 Å². The van der Waals surface area contributed by atoms with Gasteiger partial charge in [-0.15, -0.1) is 0 Å². The highest BCUT2D eigenvalue weighted by atomic mass is 35.5. The molecule has 0 fully saturated rings. The van der Waals surface area contributed by atoms with Gasteiger partial charge in [0.1, 0.15) is 33.5 Å². The zero-order valence-electron chi connectivity index (χ0n) is 50.3. The van der Waals surface area contributed by atoms with Gasteiger partial charge in [-0.05, 0) is 105 Å². The summed E-state index contributed by atoms with van der Waals surface area (Å²) in [7, 11) is 0. The Morgan fingerprint density at radius 1 is 0.295 bits per heavy atom. The van der Waals surface area contributed by atoms with Crippen LogP contribution >= 0.6 is 11.6 Å². The van der Waals surface area contributed by atoms with Crippen LogP contribution in [-0.4, -0.2) is 29.5 Å². The van der Waals surface area contributed by atoms with Crippen LogP contribution in [0.15, 0.2) is 297 Å². The summed E-state index contributed by atoms with van der Waals surface area (Å²) in [4.78, 5) is 22.8. The van der Waals surface area contributed by atoms with Crippen LogP contribution in [0.5, 0.6) is 0 Å². The maximum Gasteiger partial charge on any atom is 0.238 e. The Morgan fingerprint density at radius 3 is 1.36 bits per heavy atom. The monoisotopic (exact) mass is 1240 g/mol. The number of aromatic amines is 1. The first-order valence-corrected chi connectivity index (χ1v) is 31.9. The van der Waals surface area contributed by atoms with Gasteiger partial charge < -0.3 is 22.7 Å². The van der Waals surface area contributed by atoms with Gasteiger partial charge >= 0.3 is 0 Å². The smallest absolute Gasteiger partial charge is 0.238 e. The number of H-pyrrole nitrogens is 1. The van der Waals surface area contributed by atoms with E-state index >= 15 is 0 Å². The van der Waals surface area contributed by atoms with Crippen LogP contribution in [0.25, 0.3) is 203 Å². The van der Waals surface area contributed by atoms with Crippen molar-refractivity contribution in [3.63, 3.8) is 0 Å². The molecular weight excluding hydrogens is 1190 g/mol. The minimum atomic E-state index is 0.190. The first kappa shape index (κ1) is 53.1. The summed E-state index contributed by atoms with van der Waals surface area (Å²) in [6.45, 7) is 0. The summed E-state index contributed by atoms with van der Waals surface area (Å²) in [5.74, 6) is 0.560. The number of halogens is 1. The molecule has 0 radical (unpaired) electrons. The average Bonchev–Trinajstić information content (AvgIpc) is 1.56. The van der Waals surface area contributed by atoms with E-state index in [2.05, 4.69) is 208 Å². The highest BCUT2D eigenvalue weighted by molar-refractivity contribution is 6.29. The van der Waals surface area contributed by atoms with Gasteiger partial charge in [0.05, 0.1) is 38.7 Å². The van der Waals surface area contributed by atoms with Crippen molar-refractivity contribution in [1.29, 1.82) is 0 Å². The zero-order valence-corrected chi connectivity index (χ0v) is 51.1. The molecule has 1 N–H and O–H groups in total. The van der Waals surface area contributed by atoms with Crippen molar-refractivity contribution in [2.24, 2.45) is 0 Å². The molecule has 0 spiro atoms. The highest BCUT2D eigenvalue weighted by Crippen LogP contribution is 2.44. The second-order valence-electron chi connectivity index (χ2n) is 24.2. The lowest BCUT2D eigenvalue weighted by Crippen LogP contribution is -2.03. The molecule has 8 heterocycles. The minimum Gasteiger partial charge on any atom is -0.456 e. The number of rotatable bonds is 3. The fraction of sp³-hybridized carbons (Fsp3) is 0. The third kappa shape index (κ3) is 8.38. The van der Waals surface area contributed by atoms with Gasteiger partial charge in [-0.3, -0.25) is 4.57 Å². The number of fused-ring (bicyclic) bond motifs is 24. The van der Waals surface area contributed by atoms with Gasteiger partial charge in [0, 0.05) is 81.3 Å². The number of hydrogen-bond donors (Lipinski definition) is 1. The number of nitrogens with zero attached hydrogens (tertiary/aromatic N) is 5. The van der Waals surface area contributed by atoms with E-state index in [-0.39, 0.29) is 5.28 Å². The molecule has 0 unspecified atom stereocenters. The normalized spacial score (nSPS) is 12.1. The minimum absolute atomic E-state index is 0.190. The molecule has 0 saturated heterocycles. The molecule has 0 saturated carbocycles. The quantitative estimate of drug-likeness (QED) is 0.173. The first-order chi connectivity index (χ1) is 47.0. The number of furan rings is 4. The van der Waals surface area contributed by atoms with E-state index in [0.717, 1.165) is 137 Å². The average molecular weight is 1240 g/mol. The topological polar surface area (TPSA) is 125 Å². The molecule has 14 aromatic carbocycles. The molecule has 0 aliphatic carbocycles. The number of benzene rings is 14. The largest absolute Gasteiger partial charge is 0.456 e. The molecule has 22 rings (SSSR count). The van der Waals surface area contributed by atoms with Gasteiger partial charge in [0.25, 0.3) is 0 Å². The van der Waals surface area contributed by atoms with Crippen LogP contribution in [0.3, 0.4) is 0 Å². The number of nitrogens with one attached hydrogen (secondary N) is 1. The summed E-state index contributed by atoms with van der Waals surface area (Å²) in [6.07, 6.45) is 0. The fourth-order valence-corrected chi connectivity index (χ4v) is 14.6. The molecule has 8 aromatic heterocycles. The van der Waals surface area contributed by atoms with Crippen LogP contribution in [-0.2, 0) is 0 Å². The van der Waals surface area contributed by atoms with Crippen molar-refractivity contribution < 1.29 is 17.7 Å². The van der Waals surface area contributed by atoms with Crippen molar-refractivity contribution in [1.82, 2.24) is 29.5 Å². The van der Waals surface area contributed by atoms with E-state index in [1.54, 1.807) is 0 Å². The van der Waals surface area contributed by atoms with Gasteiger partial charge in [0.2, 0.25) is 22.7 Å². The van der Waals surface area contributed by atoms with Crippen molar-refractivity contribution in [3.05, 3.63) is 284 Å². The van der Waals surface area contributed by atoms with E-state index in [4.69, 9.17) is 39.2 Å². The van der Waals surface area contributed by atoms with Crippen LogP contribution in [0.2, 0.25) is 5.28 Å². The molecule has 22 aromatic rings. The van der Waals surface area contributed by atoms with E-state index in [1.165, 1.54) is 48.6 Å². The molecule has 0 amide bonds. The van der Waals surface area contributed by atoms with Crippen LogP contribution < -0.4 is 0 Å². The highest BCUT2D eigenvalue weighted by Gasteiger charge is 2.25. The standard InChI is InChI=1S/C42H23N3O2.C26H15NO.C16H9ClN2O/c1-2-11-25(12-3-1)39-38-30-16-8-9-17-35(30)47-41(38)44-42(43-39)45-34-22-33-32-20-26-13-4-5-14-27(26)21-36(32)46-37(33)23-31(34)29-19-18-24-10-6-7-15-28(24)40(29)45;1-2-7-17-12-24-21(11-16(17)6-1)22-13-23-20(14-25(22)28-24)19-10-9-15-5-3-4-8-18(15)26(19)27-23;17-16-18-14(10-6-2-1-3-7-10)13-11-8-4-5-9-12(11)20-15(13)19-16/h1-23H;1-14,27H;1-9H. The molecule has 10 nitrogen and oxygen atoms in total. The van der Waals surface area contributed by atoms with Crippen molar-refractivity contribution in [3.8, 4) is 28.5 Å². The van der Waals surface area contributed by atoms with Gasteiger partial charge in [-0.2, -0.15) is 9.97 Å². The van der Waals surface area contributed by atoms with E-state index in [0.29, 0.717) is 17.4 Å². The lowest BCUT2D eigenvalue weighted by Gasteiger charge is -2.11. The maximum atomic E-state index is 6.53. The Labute approximate surface area is 543 Å². The molecule has 0 bridgehead atoms. The number of para-hydroxylation sites is 2. The molecule has 0 atom stereocenters. The van der Waals surface area contributed by atoms with Crippen LogP contribution in [0.1, 0.15) is 0 Å². The summed E-state index contributed by atoms with van der Waals surface area (Å²) in [5, 5.41) is 22.7. The molecule has 0 aliphatic rings. The summed E-state index contributed by atoms with van der Waals surface area (Å²) >= 11 is 6.02. The second-order valence-corrected chi connectivity index (χ2v) is 24.5. The Balaban J connectivity index is 0.000000109. The molecule has 95 heavy (non-hydrogen) atoms. The van der Waals surface area contributed by atoms with Gasteiger partial charge in [-0.25, -0.2) is 9.97 Å². The maximum absolute atomic E-state index is 6.53. The first-order valence-electron chi connectivity index (χ1n) is 31.5. The van der Waals surface area contributed by atoms with E-state index in [9.17, 15) is 0 Å². The molecule has 0 aliphatic heterocycles. The van der Waals surface area contributed by atoms with Crippen molar-refractivity contribution >= 4 is 186 Å². The van der Waals surface area contributed by atoms with E-state index < -0.39 is 0 Å². The fourth-order valence-electron chi connectivity index (χ4n) is 14.5. The third-order valence-corrected chi connectivity index (χ3v) is 19.0. The van der Waals surface area contributed by atoms with Crippen LogP contribution in [0, 0.1) is 0 Å².